The Morgan fingerprint density at radius 1 is 1.00 bits per heavy atom. The van der Waals surface area contributed by atoms with Crippen LogP contribution in [0.4, 0.5) is 0 Å². The van der Waals surface area contributed by atoms with Crippen molar-refractivity contribution in [2.45, 2.75) is 0 Å². The van der Waals surface area contributed by atoms with E-state index in [2.05, 4.69) is 0 Å². The molecule has 0 fully saturated rings. The zero-order valence-electron chi connectivity index (χ0n) is 11.8. The molecule has 4 nitrogen and oxygen atoms in total. The molecule has 1 heterocycles. The first-order chi connectivity index (χ1) is 10.6. The highest BCUT2D eigenvalue weighted by Crippen LogP contribution is 2.49. The van der Waals surface area contributed by atoms with Crippen molar-refractivity contribution in [3.63, 3.8) is 0 Å². The average molecular weight is 352 g/mol. The maximum atomic E-state index is 11.8. The fourth-order valence-electron chi connectivity index (χ4n) is 1.62. The molecule has 0 saturated heterocycles. The second-order valence-electron chi connectivity index (χ2n) is 4.04. The van der Waals surface area contributed by atoms with Crippen molar-refractivity contribution in [2.75, 3.05) is 14.2 Å². The predicted molar refractivity (Wildman–Crippen MR) is 92.5 cm³/mol. The lowest BCUT2D eigenvalue weighted by Crippen LogP contribution is -2.08. The lowest BCUT2D eigenvalue weighted by molar-refractivity contribution is -0.138. The van der Waals surface area contributed by atoms with Crippen LogP contribution in [-0.2, 0) is 19.1 Å². The van der Waals surface area contributed by atoms with Crippen molar-refractivity contribution < 1.29 is 19.1 Å². The Labute approximate surface area is 141 Å². The topological polar surface area (TPSA) is 52.6 Å². The van der Waals surface area contributed by atoms with Gasteiger partial charge in [0.05, 0.1) is 18.5 Å². The third-order valence-corrected chi connectivity index (χ3v) is 5.43. The summed E-state index contributed by atoms with van der Waals surface area (Å²) in [5, 5.41) is 0. The molecule has 0 aromatic heterocycles. The number of carbonyl (C=O) groups excluding carboxylic acids is 2. The van der Waals surface area contributed by atoms with Gasteiger partial charge >= 0.3 is 11.9 Å². The lowest BCUT2D eigenvalue weighted by Gasteiger charge is -2.00. The molecular formula is C15H12O4S3. The highest BCUT2D eigenvalue weighted by molar-refractivity contribution is 8.29. The molecule has 7 heteroatoms. The average Bonchev–Trinajstić information content (AvgIpc) is 2.98. The smallest absolute Gasteiger partial charge is 0.346 e. The molecule has 22 heavy (non-hydrogen) atoms. The van der Waals surface area contributed by atoms with Gasteiger partial charge in [-0.25, -0.2) is 9.59 Å². The molecule has 0 amide bonds. The Hall–Kier alpha value is -1.57. The molecule has 1 aromatic carbocycles. The van der Waals surface area contributed by atoms with Crippen molar-refractivity contribution in [3.05, 3.63) is 56.0 Å². The Kier molecular flexibility index (Phi) is 5.82. The molecular weight excluding hydrogens is 340 g/mol. The van der Waals surface area contributed by atoms with Crippen LogP contribution in [0.15, 0.2) is 50.5 Å². The number of thioether (sulfide) groups is 2. The largest absolute Gasteiger partial charge is 0.465 e. The molecule has 0 radical (unpaired) electrons. The van der Waals surface area contributed by atoms with E-state index in [4.69, 9.17) is 21.7 Å². The van der Waals surface area contributed by atoms with Crippen molar-refractivity contribution >= 4 is 52.5 Å². The van der Waals surface area contributed by atoms with Gasteiger partial charge < -0.3 is 9.47 Å². The highest BCUT2D eigenvalue weighted by Gasteiger charge is 2.32. The van der Waals surface area contributed by atoms with Gasteiger partial charge in [0.15, 0.2) is 0 Å². The van der Waals surface area contributed by atoms with Gasteiger partial charge in [-0.05, 0) is 11.6 Å². The van der Waals surface area contributed by atoms with Crippen molar-refractivity contribution in [2.24, 2.45) is 0 Å². The van der Waals surface area contributed by atoms with Gasteiger partial charge in [-0.15, -0.1) is 0 Å². The van der Waals surface area contributed by atoms with Crippen LogP contribution in [0.1, 0.15) is 5.56 Å². The SMILES string of the molecule is COC(=O)C1=C(C(=O)OC)SC(=CC(=S)c2ccccc2)S1. The van der Waals surface area contributed by atoms with Crippen LogP contribution in [0.25, 0.3) is 0 Å². The summed E-state index contributed by atoms with van der Waals surface area (Å²) in [6, 6.07) is 9.50. The standard InChI is InChI=1S/C15H12O4S3/c1-18-14(16)12-13(15(17)19-2)22-11(21-12)8-10(20)9-6-4-3-5-7-9/h3-8H,1-2H3. The predicted octanol–water partition coefficient (Wildman–Crippen LogP) is 3.28. The molecule has 0 aliphatic carbocycles. The molecule has 0 bridgehead atoms. The van der Waals surface area contributed by atoms with Crippen molar-refractivity contribution in [3.8, 4) is 0 Å². The van der Waals surface area contributed by atoms with Crippen LogP contribution in [0.3, 0.4) is 0 Å². The summed E-state index contributed by atoms with van der Waals surface area (Å²) in [4.78, 5) is 24.6. The number of rotatable bonds is 4. The highest BCUT2D eigenvalue weighted by atomic mass is 32.2. The molecule has 0 saturated carbocycles. The minimum absolute atomic E-state index is 0.224. The van der Waals surface area contributed by atoms with E-state index in [1.165, 1.54) is 14.2 Å². The first-order valence-electron chi connectivity index (χ1n) is 6.14. The van der Waals surface area contributed by atoms with Gasteiger partial charge in [0.1, 0.15) is 9.81 Å². The summed E-state index contributed by atoms with van der Waals surface area (Å²) in [7, 11) is 2.54. The summed E-state index contributed by atoms with van der Waals surface area (Å²) in [6.07, 6.45) is 1.76. The number of hydrogen-bond acceptors (Lipinski definition) is 7. The molecule has 0 atom stereocenters. The van der Waals surface area contributed by atoms with E-state index in [-0.39, 0.29) is 9.81 Å². The van der Waals surface area contributed by atoms with Crippen LogP contribution in [-0.4, -0.2) is 31.0 Å². The number of carbonyl (C=O) groups is 2. The van der Waals surface area contributed by atoms with E-state index in [0.717, 1.165) is 33.3 Å². The summed E-state index contributed by atoms with van der Waals surface area (Å²) in [5.74, 6) is -1.13. The molecule has 1 aliphatic rings. The van der Waals surface area contributed by atoms with E-state index in [9.17, 15) is 9.59 Å². The fraction of sp³-hybridized carbons (Fsp3) is 0.133. The van der Waals surface area contributed by atoms with Crippen LogP contribution in [0, 0.1) is 0 Å². The number of methoxy groups -OCH3 is 2. The Morgan fingerprint density at radius 3 is 1.95 bits per heavy atom. The third kappa shape index (κ3) is 3.79. The summed E-state index contributed by atoms with van der Waals surface area (Å²) in [6.45, 7) is 0. The number of ether oxygens (including phenoxy) is 2. The Bertz CT molecular complexity index is 647. The van der Waals surface area contributed by atoms with Gasteiger partial charge in [-0.3, -0.25) is 0 Å². The number of benzene rings is 1. The van der Waals surface area contributed by atoms with Crippen LogP contribution >= 0.6 is 35.7 Å². The minimum Gasteiger partial charge on any atom is -0.465 e. The van der Waals surface area contributed by atoms with E-state index in [1.54, 1.807) is 6.08 Å². The third-order valence-electron chi connectivity index (χ3n) is 2.66. The van der Waals surface area contributed by atoms with Gasteiger partial charge in [0.2, 0.25) is 0 Å². The van der Waals surface area contributed by atoms with Gasteiger partial charge in [0.25, 0.3) is 0 Å². The van der Waals surface area contributed by atoms with Gasteiger partial charge in [-0.2, -0.15) is 0 Å². The lowest BCUT2D eigenvalue weighted by atomic mass is 10.1. The molecule has 1 aromatic rings. The van der Waals surface area contributed by atoms with Crippen LogP contribution in [0.5, 0.6) is 0 Å². The monoisotopic (exact) mass is 352 g/mol. The number of allylic oxidation sites excluding steroid dienone is 1. The van der Waals surface area contributed by atoms with Crippen molar-refractivity contribution in [1.82, 2.24) is 0 Å². The number of esters is 2. The maximum absolute atomic E-state index is 11.8. The number of hydrogen-bond donors (Lipinski definition) is 0. The van der Waals surface area contributed by atoms with Crippen molar-refractivity contribution in [1.29, 1.82) is 0 Å². The van der Waals surface area contributed by atoms with E-state index in [0.29, 0.717) is 4.86 Å². The zero-order chi connectivity index (χ0) is 16.1. The summed E-state index contributed by atoms with van der Waals surface area (Å²) >= 11 is 7.69. The fourth-order valence-corrected chi connectivity index (χ4v) is 4.38. The van der Waals surface area contributed by atoms with Crippen LogP contribution < -0.4 is 0 Å². The maximum Gasteiger partial charge on any atom is 0.346 e. The van der Waals surface area contributed by atoms with Gasteiger partial charge in [-0.1, -0.05) is 66.1 Å². The van der Waals surface area contributed by atoms with Gasteiger partial charge in [0, 0.05) is 4.86 Å². The Morgan fingerprint density at radius 2 is 1.50 bits per heavy atom. The number of thiocarbonyl (C=S) groups is 1. The quantitative estimate of drug-likeness (QED) is 0.357. The van der Waals surface area contributed by atoms with E-state index >= 15 is 0 Å². The molecule has 0 unspecified atom stereocenters. The molecule has 0 spiro atoms. The Balaban J connectivity index is 2.24. The summed E-state index contributed by atoms with van der Waals surface area (Å²) in [5.41, 5.74) is 0.900. The normalized spacial score (nSPS) is 13.8. The van der Waals surface area contributed by atoms with E-state index in [1.807, 2.05) is 30.3 Å². The minimum atomic E-state index is -0.563. The van der Waals surface area contributed by atoms with Crippen LogP contribution in [0.2, 0.25) is 0 Å². The van der Waals surface area contributed by atoms with E-state index < -0.39 is 11.9 Å². The first kappa shape index (κ1) is 16.8. The first-order valence-corrected chi connectivity index (χ1v) is 8.18. The molecule has 1 aliphatic heterocycles. The molecule has 2 rings (SSSR count). The second-order valence-corrected chi connectivity index (χ2v) is 6.84. The molecule has 0 N–H and O–H groups in total. The molecule has 114 valence electrons. The zero-order valence-corrected chi connectivity index (χ0v) is 14.3. The second kappa shape index (κ2) is 7.62. The summed E-state index contributed by atoms with van der Waals surface area (Å²) < 4.78 is 10.1.